The lowest BCUT2D eigenvalue weighted by molar-refractivity contribution is -0.384. The van der Waals surface area contributed by atoms with Crippen molar-refractivity contribution in [1.29, 1.82) is 0 Å². The van der Waals surface area contributed by atoms with Gasteiger partial charge in [0.1, 0.15) is 5.69 Å². The highest BCUT2D eigenvalue weighted by Crippen LogP contribution is 2.34. The number of hydrogen-bond acceptors (Lipinski definition) is 5. The zero-order valence-corrected chi connectivity index (χ0v) is 11.9. The number of halogens is 3. The van der Waals surface area contributed by atoms with Crippen molar-refractivity contribution in [2.24, 2.45) is 0 Å². The summed E-state index contributed by atoms with van der Waals surface area (Å²) in [5.41, 5.74) is -1.98. The van der Waals surface area contributed by atoms with Crippen molar-refractivity contribution in [2.75, 3.05) is 38.2 Å². The minimum absolute atomic E-state index is 0.135. The largest absolute Gasteiger partial charge is 0.416 e. The van der Waals surface area contributed by atoms with Crippen LogP contribution in [0.15, 0.2) is 18.2 Å². The van der Waals surface area contributed by atoms with Gasteiger partial charge in [-0.1, -0.05) is 0 Å². The Morgan fingerprint density at radius 2 is 2.00 bits per heavy atom. The zero-order chi connectivity index (χ0) is 17.0. The van der Waals surface area contributed by atoms with Gasteiger partial charge in [0.2, 0.25) is 5.91 Å². The molecule has 23 heavy (non-hydrogen) atoms. The lowest BCUT2D eigenvalue weighted by atomic mass is 10.1. The average Bonchev–Trinajstić information content (AvgIpc) is 2.52. The van der Waals surface area contributed by atoms with Gasteiger partial charge in [-0.3, -0.25) is 14.9 Å². The molecule has 0 aliphatic carbocycles. The van der Waals surface area contributed by atoms with Gasteiger partial charge in [0.15, 0.2) is 0 Å². The van der Waals surface area contributed by atoms with Crippen LogP contribution in [0.25, 0.3) is 0 Å². The van der Waals surface area contributed by atoms with Crippen molar-refractivity contribution in [3.8, 4) is 0 Å². The summed E-state index contributed by atoms with van der Waals surface area (Å²) in [6.07, 6.45) is -4.67. The first kappa shape index (κ1) is 17.0. The Balaban J connectivity index is 2.09. The Bertz CT molecular complexity index is 601. The summed E-state index contributed by atoms with van der Waals surface area (Å²) in [6, 6.07) is 2.13. The smallest absolute Gasteiger partial charge is 0.378 e. The number of anilines is 1. The summed E-state index contributed by atoms with van der Waals surface area (Å²) in [4.78, 5) is 23.5. The number of amides is 1. The minimum atomic E-state index is -4.67. The van der Waals surface area contributed by atoms with Crippen LogP contribution in [-0.2, 0) is 15.7 Å². The number of carbonyl (C=O) groups excluding carboxylic acids is 1. The van der Waals surface area contributed by atoms with Crippen LogP contribution in [0.2, 0.25) is 0 Å². The number of carbonyl (C=O) groups is 1. The number of alkyl halides is 3. The second kappa shape index (κ2) is 6.82. The molecule has 1 N–H and O–H groups in total. The summed E-state index contributed by atoms with van der Waals surface area (Å²) in [5, 5.41) is 13.5. The molecule has 0 unspecified atom stereocenters. The highest BCUT2D eigenvalue weighted by Gasteiger charge is 2.33. The van der Waals surface area contributed by atoms with Gasteiger partial charge in [-0.2, -0.15) is 13.2 Å². The predicted molar refractivity (Wildman–Crippen MR) is 74.0 cm³/mol. The average molecular weight is 333 g/mol. The van der Waals surface area contributed by atoms with Crippen LogP contribution < -0.4 is 5.32 Å². The van der Waals surface area contributed by atoms with Gasteiger partial charge in [0.25, 0.3) is 5.69 Å². The maximum absolute atomic E-state index is 12.6. The first-order chi connectivity index (χ1) is 10.8. The van der Waals surface area contributed by atoms with E-state index in [2.05, 4.69) is 5.32 Å². The Hall–Kier alpha value is -2.36. The van der Waals surface area contributed by atoms with Crippen LogP contribution in [0.3, 0.4) is 0 Å². The van der Waals surface area contributed by atoms with Crippen molar-refractivity contribution in [1.82, 2.24) is 4.90 Å². The molecule has 7 nitrogen and oxygen atoms in total. The van der Waals surface area contributed by atoms with Gasteiger partial charge in [0.05, 0.1) is 30.2 Å². The van der Waals surface area contributed by atoms with Crippen LogP contribution >= 0.6 is 0 Å². The fraction of sp³-hybridized carbons (Fsp3) is 0.462. The van der Waals surface area contributed by atoms with E-state index in [1.165, 1.54) is 4.90 Å². The van der Waals surface area contributed by atoms with Gasteiger partial charge in [0, 0.05) is 19.2 Å². The van der Waals surface area contributed by atoms with Gasteiger partial charge in [-0.25, -0.2) is 0 Å². The van der Waals surface area contributed by atoms with E-state index >= 15 is 0 Å². The predicted octanol–water partition coefficient (Wildman–Crippen LogP) is 1.88. The lowest BCUT2D eigenvalue weighted by Crippen LogP contribution is -2.43. The molecule has 1 aliphatic rings. The molecule has 0 aromatic heterocycles. The van der Waals surface area contributed by atoms with E-state index in [-0.39, 0.29) is 18.1 Å². The summed E-state index contributed by atoms with van der Waals surface area (Å²) < 4.78 is 42.9. The molecule has 0 spiro atoms. The topological polar surface area (TPSA) is 84.7 Å². The number of hydrogen-bond donors (Lipinski definition) is 1. The number of benzene rings is 1. The maximum Gasteiger partial charge on any atom is 0.416 e. The van der Waals surface area contributed by atoms with E-state index in [1.54, 1.807) is 0 Å². The van der Waals surface area contributed by atoms with Crippen LogP contribution in [0.1, 0.15) is 5.56 Å². The fourth-order valence-corrected chi connectivity index (χ4v) is 2.10. The molecule has 0 bridgehead atoms. The van der Waals surface area contributed by atoms with Crippen LogP contribution in [-0.4, -0.2) is 48.6 Å². The van der Waals surface area contributed by atoms with E-state index in [9.17, 15) is 28.1 Å². The van der Waals surface area contributed by atoms with Gasteiger partial charge in [-0.15, -0.1) is 0 Å². The third kappa shape index (κ3) is 4.31. The summed E-state index contributed by atoms with van der Waals surface area (Å²) >= 11 is 0. The van der Waals surface area contributed by atoms with Crippen molar-refractivity contribution in [2.45, 2.75) is 6.18 Å². The van der Waals surface area contributed by atoms with Crippen molar-refractivity contribution >= 4 is 17.3 Å². The summed E-state index contributed by atoms with van der Waals surface area (Å²) in [6.45, 7) is 1.40. The molecular weight excluding hydrogens is 319 g/mol. The highest BCUT2D eigenvalue weighted by atomic mass is 19.4. The van der Waals surface area contributed by atoms with Crippen LogP contribution in [0.5, 0.6) is 0 Å². The molecule has 0 atom stereocenters. The SMILES string of the molecule is O=C(CNc1ccc(C(F)(F)F)cc1[N+](=O)[O-])N1CCOCC1. The number of morpholine rings is 1. The first-order valence-corrected chi connectivity index (χ1v) is 6.74. The van der Waals surface area contributed by atoms with Gasteiger partial charge >= 0.3 is 6.18 Å². The Morgan fingerprint density at radius 3 is 2.57 bits per heavy atom. The molecule has 1 amide bonds. The van der Waals surface area contributed by atoms with Crippen LogP contribution in [0, 0.1) is 10.1 Å². The lowest BCUT2D eigenvalue weighted by Gasteiger charge is -2.27. The number of nitrogens with zero attached hydrogens (tertiary/aromatic N) is 2. The number of ether oxygens (including phenoxy) is 1. The quantitative estimate of drug-likeness (QED) is 0.672. The molecule has 1 aliphatic heterocycles. The van der Waals surface area contributed by atoms with E-state index in [1.807, 2.05) is 0 Å². The standard InChI is InChI=1S/C13H14F3N3O4/c14-13(15,16)9-1-2-10(11(7-9)19(21)22)17-8-12(20)18-3-5-23-6-4-18/h1-2,7,17H,3-6,8H2. The van der Waals surface area contributed by atoms with E-state index in [0.717, 1.165) is 12.1 Å². The molecule has 1 aromatic carbocycles. The highest BCUT2D eigenvalue weighted by molar-refractivity contribution is 5.82. The molecule has 0 saturated carbocycles. The molecule has 1 saturated heterocycles. The summed E-state index contributed by atoms with van der Waals surface area (Å²) in [5.74, 6) is -0.303. The molecule has 1 fully saturated rings. The van der Waals surface area contributed by atoms with Crippen molar-refractivity contribution < 1.29 is 27.6 Å². The van der Waals surface area contributed by atoms with E-state index in [0.29, 0.717) is 32.4 Å². The Morgan fingerprint density at radius 1 is 1.35 bits per heavy atom. The number of nitro groups is 1. The summed E-state index contributed by atoms with van der Waals surface area (Å²) in [7, 11) is 0. The number of nitro benzene ring substituents is 1. The van der Waals surface area contributed by atoms with Crippen LogP contribution in [0.4, 0.5) is 24.5 Å². The first-order valence-electron chi connectivity index (χ1n) is 6.74. The normalized spacial score (nSPS) is 15.3. The zero-order valence-electron chi connectivity index (χ0n) is 11.9. The van der Waals surface area contributed by atoms with E-state index < -0.39 is 22.4 Å². The monoisotopic (exact) mass is 333 g/mol. The minimum Gasteiger partial charge on any atom is -0.378 e. The number of rotatable bonds is 4. The molecule has 10 heteroatoms. The molecule has 1 heterocycles. The second-order valence-electron chi connectivity index (χ2n) is 4.83. The Kier molecular flexibility index (Phi) is 5.04. The molecule has 126 valence electrons. The third-order valence-corrected chi connectivity index (χ3v) is 3.32. The Labute approximate surface area is 129 Å². The molecule has 1 aromatic rings. The maximum atomic E-state index is 12.6. The third-order valence-electron chi connectivity index (χ3n) is 3.32. The van der Waals surface area contributed by atoms with Crippen molar-refractivity contribution in [3.63, 3.8) is 0 Å². The second-order valence-corrected chi connectivity index (χ2v) is 4.83. The molecular formula is C13H14F3N3O4. The van der Waals surface area contributed by atoms with E-state index in [4.69, 9.17) is 4.74 Å². The number of nitrogens with one attached hydrogen (secondary N) is 1. The fourth-order valence-electron chi connectivity index (χ4n) is 2.10. The van der Waals surface area contributed by atoms with Gasteiger partial charge in [-0.05, 0) is 12.1 Å². The van der Waals surface area contributed by atoms with Crippen molar-refractivity contribution in [3.05, 3.63) is 33.9 Å². The molecule has 0 radical (unpaired) electrons. The van der Waals surface area contributed by atoms with Gasteiger partial charge < -0.3 is 15.0 Å². The molecule has 2 rings (SSSR count).